The van der Waals surface area contributed by atoms with E-state index in [0.717, 1.165) is 19.3 Å². The molecular weight excluding hydrogens is 191 g/mol. The zero-order chi connectivity index (χ0) is 10.3. The van der Waals surface area contributed by atoms with Crippen molar-refractivity contribution in [3.8, 4) is 0 Å². The number of aliphatic hydroxyl groups excluding tert-OH is 1. The van der Waals surface area contributed by atoms with E-state index in [0.29, 0.717) is 6.42 Å². The van der Waals surface area contributed by atoms with Crippen LogP contribution in [-0.2, 0) is 13.6 Å². The lowest BCUT2D eigenvalue weighted by Gasteiger charge is -2.19. The second-order valence-corrected chi connectivity index (χ2v) is 5.29. The number of rotatable bonds is 7. The average Bonchev–Trinajstić information content (AvgIpc) is 2.17. The lowest BCUT2D eigenvalue weighted by Crippen LogP contribution is -2.10. The largest absolute Gasteiger partial charge is 0.380 e. The third kappa shape index (κ3) is 4.23. The maximum Gasteiger partial charge on any atom is 0.358 e. The Balaban J connectivity index is 3.92. The molecule has 80 valence electrons. The van der Waals surface area contributed by atoms with Crippen LogP contribution in [-0.4, -0.2) is 25.2 Å². The maximum absolute atomic E-state index is 11.6. The highest BCUT2D eigenvalue weighted by atomic mass is 31.2. The molecule has 0 rings (SSSR count). The van der Waals surface area contributed by atoms with Gasteiger partial charge >= 0.3 is 7.60 Å². The average molecular weight is 210 g/mol. The molecule has 1 unspecified atom stereocenters. The Morgan fingerprint density at radius 2 is 1.85 bits per heavy atom. The molecule has 0 aliphatic carbocycles. The first-order chi connectivity index (χ1) is 6.10. The van der Waals surface area contributed by atoms with Gasteiger partial charge in [-0.1, -0.05) is 26.2 Å². The standard InChI is InChI=1S/C8H19O4P/c1-4-5-6-7-8(9)13(10,11-2)12-3/h8-9H,4-7H2,1-3H3. The van der Waals surface area contributed by atoms with Gasteiger partial charge in [0.15, 0.2) is 5.85 Å². The Morgan fingerprint density at radius 1 is 1.31 bits per heavy atom. The highest BCUT2D eigenvalue weighted by Gasteiger charge is 2.31. The first kappa shape index (κ1) is 13.1. The molecule has 0 saturated heterocycles. The van der Waals surface area contributed by atoms with Crippen LogP contribution in [0.2, 0.25) is 0 Å². The topological polar surface area (TPSA) is 55.8 Å². The summed E-state index contributed by atoms with van der Waals surface area (Å²) in [6, 6.07) is 0. The van der Waals surface area contributed by atoms with Crippen LogP contribution in [0, 0.1) is 0 Å². The summed E-state index contributed by atoms with van der Waals surface area (Å²) >= 11 is 0. The Bertz CT molecular complexity index is 164. The number of hydrogen-bond donors (Lipinski definition) is 1. The second kappa shape index (κ2) is 6.55. The zero-order valence-electron chi connectivity index (χ0n) is 8.52. The lowest BCUT2D eigenvalue weighted by molar-refractivity contribution is 0.165. The van der Waals surface area contributed by atoms with Crippen LogP contribution in [0.1, 0.15) is 32.6 Å². The summed E-state index contributed by atoms with van der Waals surface area (Å²) in [6.45, 7) is 2.07. The van der Waals surface area contributed by atoms with E-state index < -0.39 is 13.4 Å². The Kier molecular flexibility index (Phi) is 6.60. The predicted molar refractivity (Wildman–Crippen MR) is 51.8 cm³/mol. The molecule has 0 heterocycles. The summed E-state index contributed by atoms with van der Waals surface area (Å²) in [5.74, 6) is -0.992. The molecule has 5 heteroatoms. The van der Waals surface area contributed by atoms with E-state index in [-0.39, 0.29) is 0 Å². The molecule has 13 heavy (non-hydrogen) atoms. The fraction of sp³-hybridized carbons (Fsp3) is 1.00. The van der Waals surface area contributed by atoms with Crippen molar-refractivity contribution in [2.24, 2.45) is 0 Å². The zero-order valence-corrected chi connectivity index (χ0v) is 9.42. The molecule has 1 atom stereocenters. The van der Waals surface area contributed by atoms with Gasteiger partial charge in [-0.25, -0.2) is 0 Å². The van der Waals surface area contributed by atoms with E-state index in [4.69, 9.17) is 0 Å². The first-order valence-corrected chi connectivity index (χ1v) is 6.11. The van der Waals surface area contributed by atoms with Gasteiger partial charge in [0.05, 0.1) is 0 Å². The summed E-state index contributed by atoms with van der Waals surface area (Å²) < 4.78 is 20.9. The van der Waals surface area contributed by atoms with Crippen LogP contribution in [0.4, 0.5) is 0 Å². The molecule has 0 bridgehead atoms. The molecular formula is C8H19O4P. The normalized spacial score (nSPS) is 14.5. The van der Waals surface area contributed by atoms with Crippen molar-refractivity contribution in [1.29, 1.82) is 0 Å². The van der Waals surface area contributed by atoms with Gasteiger partial charge in [-0.15, -0.1) is 0 Å². The molecule has 0 amide bonds. The first-order valence-electron chi connectivity index (χ1n) is 4.50. The maximum atomic E-state index is 11.6. The lowest BCUT2D eigenvalue weighted by atomic mass is 10.2. The van der Waals surface area contributed by atoms with Crippen LogP contribution in [0.15, 0.2) is 0 Å². The fourth-order valence-electron chi connectivity index (χ4n) is 1.05. The number of unbranched alkanes of at least 4 members (excludes halogenated alkanes) is 2. The minimum atomic E-state index is -3.26. The van der Waals surface area contributed by atoms with Gasteiger partial charge in [-0.3, -0.25) is 4.57 Å². The second-order valence-electron chi connectivity index (χ2n) is 2.88. The van der Waals surface area contributed by atoms with Crippen LogP contribution in [0.3, 0.4) is 0 Å². The number of hydrogen-bond acceptors (Lipinski definition) is 4. The van der Waals surface area contributed by atoms with E-state index >= 15 is 0 Å². The van der Waals surface area contributed by atoms with Crippen LogP contribution in [0.5, 0.6) is 0 Å². The fourth-order valence-corrected chi connectivity index (χ4v) is 2.19. The van der Waals surface area contributed by atoms with Crippen LogP contribution >= 0.6 is 7.60 Å². The van der Waals surface area contributed by atoms with Crippen molar-refractivity contribution in [2.75, 3.05) is 14.2 Å². The van der Waals surface area contributed by atoms with Crippen molar-refractivity contribution in [3.63, 3.8) is 0 Å². The van der Waals surface area contributed by atoms with Gasteiger partial charge in [-0.05, 0) is 6.42 Å². The molecule has 0 radical (unpaired) electrons. The van der Waals surface area contributed by atoms with Gasteiger partial charge < -0.3 is 14.2 Å². The molecule has 0 aromatic heterocycles. The highest BCUT2D eigenvalue weighted by Crippen LogP contribution is 2.51. The molecule has 0 aliphatic rings. The minimum Gasteiger partial charge on any atom is -0.380 e. The van der Waals surface area contributed by atoms with Crippen molar-refractivity contribution in [2.45, 2.75) is 38.5 Å². The SMILES string of the molecule is CCCCCC(O)P(=O)(OC)OC. The molecule has 0 saturated carbocycles. The van der Waals surface area contributed by atoms with E-state index in [1.165, 1.54) is 14.2 Å². The monoisotopic (exact) mass is 210 g/mol. The molecule has 1 N–H and O–H groups in total. The Hall–Kier alpha value is 0.110. The Labute approximate surface area is 79.8 Å². The van der Waals surface area contributed by atoms with Crippen LogP contribution < -0.4 is 0 Å². The number of aliphatic hydroxyl groups is 1. The Morgan fingerprint density at radius 3 is 2.23 bits per heavy atom. The molecule has 0 spiro atoms. The van der Waals surface area contributed by atoms with Crippen molar-refractivity contribution in [3.05, 3.63) is 0 Å². The summed E-state index contributed by atoms with van der Waals surface area (Å²) in [5.41, 5.74) is 0. The molecule has 0 aromatic carbocycles. The summed E-state index contributed by atoms with van der Waals surface area (Å²) in [6.07, 6.45) is 3.39. The van der Waals surface area contributed by atoms with Gasteiger partial charge in [-0.2, -0.15) is 0 Å². The smallest absolute Gasteiger partial charge is 0.358 e. The van der Waals surface area contributed by atoms with E-state index in [1.807, 2.05) is 0 Å². The third-order valence-corrected chi connectivity index (χ3v) is 3.95. The summed E-state index contributed by atoms with van der Waals surface area (Å²) in [4.78, 5) is 0. The summed E-state index contributed by atoms with van der Waals surface area (Å²) in [5, 5.41) is 9.48. The van der Waals surface area contributed by atoms with Gasteiger partial charge in [0.2, 0.25) is 0 Å². The molecule has 0 aromatic rings. The molecule has 4 nitrogen and oxygen atoms in total. The van der Waals surface area contributed by atoms with Gasteiger partial charge in [0.25, 0.3) is 0 Å². The summed E-state index contributed by atoms with van der Waals surface area (Å²) in [7, 11) is -0.687. The molecule has 0 aliphatic heterocycles. The van der Waals surface area contributed by atoms with E-state index in [1.54, 1.807) is 0 Å². The third-order valence-electron chi connectivity index (χ3n) is 1.94. The van der Waals surface area contributed by atoms with E-state index in [9.17, 15) is 9.67 Å². The van der Waals surface area contributed by atoms with E-state index in [2.05, 4.69) is 16.0 Å². The van der Waals surface area contributed by atoms with Crippen molar-refractivity contribution >= 4 is 7.60 Å². The van der Waals surface area contributed by atoms with Gasteiger partial charge in [0.1, 0.15) is 0 Å². The quantitative estimate of drug-likeness (QED) is 0.517. The van der Waals surface area contributed by atoms with Crippen LogP contribution in [0.25, 0.3) is 0 Å². The highest BCUT2D eigenvalue weighted by molar-refractivity contribution is 7.54. The molecule has 0 fully saturated rings. The van der Waals surface area contributed by atoms with Gasteiger partial charge in [0, 0.05) is 14.2 Å². The predicted octanol–water partition coefficient (Wildman–Crippen LogP) is 2.37. The van der Waals surface area contributed by atoms with Crippen molar-refractivity contribution < 1.29 is 18.7 Å². The van der Waals surface area contributed by atoms with Crippen molar-refractivity contribution in [1.82, 2.24) is 0 Å². The minimum absolute atomic E-state index is 0.465.